The summed E-state index contributed by atoms with van der Waals surface area (Å²) in [4.78, 5) is 0. The van der Waals surface area contributed by atoms with E-state index in [-0.39, 0.29) is 13.4 Å². The van der Waals surface area contributed by atoms with E-state index in [1.807, 2.05) is 0 Å². The number of benzene rings is 9. The number of aromatic nitrogens is 2. The highest BCUT2D eigenvalue weighted by Crippen LogP contribution is 2.42. The van der Waals surface area contributed by atoms with E-state index in [1.54, 1.807) is 0 Å². The number of hydrogen-bond donors (Lipinski definition) is 0. The largest absolute Gasteiger partial charge is 0.309 e. The topological polar surface area (TPSA) is 9.86 Å². The molecule has 0 saturated carbocycles. The van der Waals surface area contributed by atoms with E-state index in [9.17, 15) is 0 Å². The summed E-state index contributed by atoms with van der Waals surface area (Å²) in [7, 11) is 0. The second kappa shape index (κ2) is 12.1. The lowest BCUT2D eigenvalue weighted by Crippen LogP contribution is -2.48. The van der Waals surface area contributed by atoms with Crippen molar-refractivity contribution < 1.29 is 0 Å². The normalized spacial score (nSPS) is 12.8. The molecule has 13 rings (SSSR count). The molecule has 2 nitrogen and oxygen atoms in total. The van der Waals surface area contributed by atoms with Gasteiger partial charge in [-0.05, 0) is 70.8 Å². The SMILES string of the molecule is c1cc(B2c3ccccc3-c3ccccc32)cc(-n2c3ccccc3c3c4c5ccccc5n(-c5cccc(B6c7ccccc7-c7ccccc76)c5)c4ccc32)c1. The van der Waals surface area contributed by atoms with Gasteiger partial charge in [-0.25, -0.2) is 0 Å². The van der Waals surface area contributed by atoms with E-state index >= 15 is 0 Å². The Morgan fingerprint density at radius 3 is 1.02 bits per heavy atom. The van der Waals surface area contributed by atoms with Gasteiger partial charge in [0.2, 0.25) is 13.4 Å². The molecule has 9 aromatic carbocycles. The molecule has 0 fully saturated rings. The molecule has 4 heterocycles. The van der Waals surface area contributed by atoms with Crippen molar-refractivity contribution in [3.8, 4) is 33.6 Å². The zero-order valence-corrected chi connectivity index (χ0v) is 31.7. The van der Waals surface area contributed by atoms with Crippen molar-refractivity contribution in [2.24, 2.45) is 0 Å². The summed E-state index contributed by atoms with van der Waals surface area (Å²) >= 11 is 0. The highest BCUT2D eigenvalue weighted by Gasteiger charge is 2.34. The van der Waals surface area contributed by atoms with Crippen LogP contribution in [-0.4, -0.2) is 22.6 Å². The third-order valence-corrected chi connectivity index (χ3v) is 13.1. The monoisotopic (exact) mass is 732 g/mol. The quantitative estimate of drug-likeness (QED) is 0.160. The molecule has 0 bridgehead atoms. The Bertz CT molecular complexity index is 3180. The first kappa shape index (κ1) is 31.9. The fraction of sp³-hybridized carbons (Fsp3) is 0. The van der Waals surface area contributed by atoms with Crippen LogP contribution in [0.1, 0.15) is 0 Å². The summed E-state index contributed by atoms with van der Waals surface area (Å²) in [6.07, 6.45) is 0. The molecule has 0 atom stereocenters. The first-order valence-corrected chi connectivity index (χ1v) is 20.3. The number of para-hydroxylation sites is 2. The van der Waals surface area contributed by atoms with Crippen LogP contribution in [0.2, 0.25) is 0 Å². The maximum absolute atomic E-state index is 2.49. The molecular weight excluding hydrogens is 698 g/mol. The summed E-state index contributed by atoms with van der Waals surface area (Å²) in [5.41, 5.74) is 20.7. The molecule has 2 aliphatic rings. The van der Waals surface area contributed by atoms with Crippen molar-refractivity contribution in [3.63, 3.8) is 0 Å². The third kappa shape index (κ3) is 4.35. The van der Waals surface area contributed by atoms with E-state index in [0.29, 0.717) is 0 Å². The molecule has 0 radical (unpaired) electrons. The Labute approximate surface area is 337 Å². The van der Waals surface area contributed by atoms with Gasteiger partial charge in [-0.3, -0.25) is 0 Å². The average Bonchev–Trinajstić information content (AvgIpc) is 4.01. The molecule has 4 heteroatoms. The van der Waals surface area contributed by atoms with Crippen LogP contribution in [0, 0.1) is 0 Å². The van der Waals surface area contributed by atoms with Crippen molar-refractivity contribution in [2.75, 3.05) is 0 Å². The minimum absolute atomic E-state index is 0.187. The van der Waals surface area contributed by atoms with Gasteiger partial charge in [0.05, 0.1) is 22.1 Å². The van der Waals surface area contributed by atoms with Gasteiger partial charge in [-0.1, -0.05) is 191 Å². The molecule has 11 aromatic rings. The Kier molecular flexibility index (Phi) is 6.65. The van der Waals surface area contributed by atoms with Gasteiger partial charge in [-0.15, -0.1) is 0 Å². The minimum atomic E-state index is 0.187. The van der Waals surface area contributed by atoms with Crippen molar-refractivity contribution >= 4 is 89.8 Å². The lowest BCUT2D eigenvalue weighted by molar-refractivity contribution is 1.17. The molecule has 0 N–H and O–H groups in total. The van der Waals surface area contributed by atoms with Crippen LogP contribution in [0.15, 0.2) is 206 Å². The number of fused-ring (bicyclic) bond motifs is 13. The summed E-state index contributed by atoms with van der Waals surface area (Å²) in [6.45, 7) is 0.374. The summed E-state index contributed by atoms with van der Waals surface area (Å²) in [5.74, 6) is 0. The second-order valence-electron chi connectivity index (χ2n) is 16.0. The lowest BCUT2D eigenvalue weighted by atomic mass is 9.39. The predicted octanol–water partition coefficient (Wildman–Crippen LogP) is 8.87. The van der Waals surface area contributed by atoms with Gasteiger partial charge in [0.1, 0.15) is 0 Å². The maximum Gasteiger partial charge on any atom is 0.242 e. The third-order valence-electron chi connectivity index (χ3n) is 13.1. The van der Waals surface area contributed by atoms with Crippen LogP contribution in [0.25, 0.3) is 77.2 Å². The van der Waals surface area contributed by atoms with Crippen LogP contribution in [0.4, 0.5) is 0 Å². The maximum atomic E-state index is 2.49. The number of hydrogen-bond acceptors (Lipinski definition) is 0. The van der Waals surface area contributed by atoms with E-state index in [2.05, 4.69) is 215 Å². The summed E-state index contributed by atoms with van der Waals surface area (Å²) in [6, 6.07) is 76.8. The van der Waals surface area contributed by atoms with Crippen molar-refractivity contribution in [3.05, 3.63) is 206 Å². The first-order chi connectivity index (χ1) is 28.8. The number of nitrogens with zero attached hydrogens (tertiary/aromatic N) is 2. The van der Waals surface area contributed by atoms with Gasteiger partial charge >= 0.3 is 0 Å². The first-order valence-electron chi connectivity index (χ1n) is 20.3. The standard InChI is InChI=1S/C54H34B2N2/c1-7-25-45-39(19-1)40-20-2-8-26-46(40)55(45)35-15-13-17-37(33-35)57-49-29-11-5-23-43(49)53-51(57)31-32-52-54(53)44-24-6-12-30-50(44)58(52)38-18-14-16-36(34-38)56-47-27-9-3-21-41(47)42-22-4-10-28-48(42)56/h1-34H. The van der Waals surface area contributed by atoms with Crippen LogP contribution in [-0.2, 0) is 0 Å². The van der Waals surface area contributed by atoms with Crippen molar-refractivity contribution in [1.82, 2.24) is 9.13 Å². The fourth-order valence-corrected chi connectivity index (χ4v) is 10.8. The smallest absolute Gasteiger partial charge is 0.242 e. The second-order valence-corrected chi connectivity index (χ2v) is 16.0. The van der Waals surface area contributed by atoms with Gasteiger partial charge in [-0.2, -0.15) is 0 Å². The van der Waals surface area contributed by atoms with E-state index in [0.717, 1.165) is 0 Å². The van der Waals surface area contributed by atoms with Gasteiger partial charge < -0.3 is 9.13 Å². The lowest BCUT2D eigenvalue weighted by Gasteiger charge is -2.15. The van der Waals surface area contributed by atoms with Crippen molar-refractivity contribution in [1.29, 1.82) is 0 Å². The highest BCUT2D eigenvalue weighted by molar-refractivity contribution is 6.99. The van der Waals surface area contributed by atoms with Gasteiger partial charge in [0, 0.05) is 32.9 Å². The van der Waals surface area contributed by atoms with Crippen LogP contribution < -0.4 is 32.8 Å². The van der Waals surface area contributed by atoms with E-state index < -0.39 is 0 Å². The Morgan fingerprint density at radius 2 is 0.621 bits per heavy atom. The predicted molar refractivity (Wildman–Crippen MR) is 248 cm³/mol. The van der Waals surface area contributed by atoms with Crippen LogP contribution in [0.3, 0.4) is 0 Å². The summed E-state index contributed by atoms with van der Waals surface area (Å²) < 4.78 is 4.98. The highest BCUT2D eigenvalue weighted by atomic mass is 15.0. The summed E-state index contributed by atoms with van der Waals surface area (Å²) in [5, 5.41) is 5.11. The molecule has 0 spiro atoms. The molecule has 2 aromatic heterocycles. The Balaban J connectivity index is 1.02. The molecule has 0 unspecified atom stereocenters. The van der Waals surface area contributed by atoms with E-state index in [4.69, 9.17) is 0 Å². The van der Waals surface area contributed by atoms with Gasteiger partial charge in [0.15, 0.2) is 0 Å². The number of rotatable bonds is 4. The fourth-order valence-electron chi connectivity index (χ4n) is 10.8. The Hall–Kier alpha value is -7.29. The zero-order valence-electron chi connectivity index (χ0n) is 31.7. The molecule has 0 aliphatic carbocycles. The van der Waals surface area contributed by atoms with Gasteiger partial charge in [0.25, 0.3) is 0 Å². The molecule has 0 amide bonds. The average molecular weight is 733 g/mol. The molecular formula is C54H34B2N2. The van der Waals surface area contributed by atoms with Crippen molar-refractivity contribution in [2.45, 2.75) is 0 Å². The minimum Gasteiger partial charge on any atom is -0.309 e. The van der Waals surface area contributed by atoms with Crippen LogP contribution >= 0.6 is 0 Å². The molecule has 2 aliphatic heterocycles. The Morgan fingerprint density at radius 1 is 0.276 bits per heavy atom. The van der Waals surface area contributed by atoms with E-state index in [1.165, 1.54) is 110 Å². The molecule has 58 heavy (non-hydrogen) atoms. The van der Waals surface area contributed by atoms with Crippen LogP contribution in [0.5, 0.6) is 0 Å². The zero-order chi connectivity index (χ0) is 37.9. The molecule has 266 valence electrons. The molecule has 0 saturated heterocycles.